The van der Waals surface area contributed by atoms with Crippen molar-refractivity contribution in [1.82, 2.24) is 5.32 Å². The van der Waals surface area contributed by atoms with Crippen molar-refractivity contribution in [2.75, 3.05) is 6.54 Å². The van der Waals surface area contributed by atoms with Crippen LogP contribution in [0.25, 0.3) is 0 Å². The molecule has 2 rings (SSSR count). The van der Waals surface area contributed by atoms with Crippen LogP contribution in [0.15, 0.2) is 10.5 Å². The van der Waals surface area contributed by atoms with E-state index in [1.807, 2.05) is 19.9 Å². The maximum Gasteiger partial charge on any atom is 0.223 e. The molecule has 1 amide bonds. The van der Waals surface area contributed by atoms with E-state index in [1.165, 1.54) is 0 Å². The zero-order valence-corrected chi connectivity index (χ0v) is 10.3. The predicted molar refractivity (Wildman–Crippen MR) is 63.5 cm³/mol. The van der Waals surface area contributed by atoms with Crippen molar-refractivity contribution in [2.45, 2.75) is 39.2 Å². The molecule has 0 saturated heterocycles. The zero-order chi connectivity index (χ0) is 12.4. The Morgan fingerprint density at radius 2 is 2.29 bits per heavy atom. The molecule has 1 atom stereocenters. The monoisotopic (exact) mass is 237 g/mol. The molecule has 0 aromatic carbocycles. The third-order valence-corrected chi connectivity index (χ3v) is 3.10. The lowest BCUT2D eigenvalue weighted by Gasteiger charge is -2.10. The Balaban J connectivity index is 1.78. The lowest BCUT2D eigenvalue weighted by molar-refractivity contribution is -0.122. The third-order valence-electron chi connectivity index (χ3n) is 3.10. The first-order valence-corrected chi connectivity index (χ1v) is 6.10. The molecule has 1 heterocycles. The molecule has 1 unspecified atom stereocenters. The Bertz CT molecular complexity index is 407. The topological polar surface area (TPSA) is 62.5 Å². The summed E-state index contributed by atoms with van der Waals surface area (Å²) in [6.45, 7) is 4.21. The van der Waals surface area contributed by atoms with Gasteiger partial charge < -0.3 is 14.8 Å². The van der Waals surface area contributed by atoms with Crippen LogP contribution in [-0.4, -0.2) is 17.6 Å². The maximum absolute atomic E-state index is 11.4. The number of carbonyl (C=O) groups excluding carboxylic acids is 1. The molecular formula is C13H19NO3. The summed E-state index contributed by atoms with van der Waals surface area (Å²) >= 11 is 0. The van der Waals surface area contributed by atoms with E-state index in [0.29, 0.717) is 13.0 Å². The quantitative estimate of drug-likeness (QED) is 0.821. The summed E-state index contributed by atoms with van der Waals surface area (Å²) in [5, 5.41) is 12.8. The minimum Gasteiger partial charge on any atom is -0.466 e. The normalized spacial score (nSPS) is 16.9. The van der Waals surface area contributed by atoms with Gasteiger partial charge in [-0.25, -0.2) is 0 Å². The summed E-state index contributed by atoms with van der Waals surface area (Å²) in [6.07, 6.45) is 1.98. The van der Waals surface area contributed by atoms with Gasteiger partial charge in [-0.15, -0.1) is 0 Å². The number of aliphatic hydroxyl groups excluding tert-OH is 1. The Labute approximate surface area is 101 Å². The van der Waals surface area contributed by atoms with E-state index in [2.05, 4.69) is 5.32 Å². The molecule has 4 heteroatoms. The van der Waals surface area contributed by atoms with Gasteiger partial charge in [0.15, 0.2) is 0 Å². The Morgan fingerprint density at radius 3 is 2.82 bits per heavy atom. The van der Waals surface area contributed by atoms with E-state index in [4.69, 9.17) is 4.42 Å². The second-order valence-corrected chi connectivity index (χ2v) is 4.74. The number of carbonyl (C=O) groups is 1. The second-order valence-electron chi connectivity index (χ2n) is 4.74. The van der Waals surface area contributed by atoms with Gasteiger partial charge in [-0.1, -0.05) is 0 Å². The number of aliphatic hydroxyl groups is 1. The van der Waals surface area contributed by atoms with E-state index in [0.717, 1.165) is 29.9 Å². The van der Waals surface area contributed by atoms with Crippen molar-refractivity contribution in [3.63, 3.8) is 0 Å². The predicted octanol–water partition coefficient (Wildman–Crippen LogP) is 1.85. The number of nitrogens with one attached hydrogen (secondary N) is 1. The molecule has 0 aliphatic heterocycles. The third kappa shape index (κ3) is 3.09. The van der Waals surface area contributed by atoms with E-state index in [-0.39, 0.29) is 11.8 Å². The lowest BCUT2D eigenvalue weighted by atomic mass is 10.1. The highest BCUT2D eigenvalue weighted by molar-refractivity contribution is 5.80. The van der Waals surface area contributed by atoms with Crippen molar-refractivity contribution in [1.29, 1.82) is 0 Å². The van der Waals surface area contributed by atoms with Crippen LogP contribution in [0, 0.1) is 19.8 Å². The molecule has 1 aromatic rings. The molecule has 1 aromatic heterocycles. The summed E-state index contributed by atoms with van der Waals surface area (Å²) < 4.78 is 5.36. The summed E-state index contributed by atoms with van der Waals surface area (Å²) in [5.74, 6) is 1.91. The standard InChI is InChI=1S/C13H19NO3/c1-8-7-11(9(2)17-8)12(15)5-6-14-13(16)10-3-4-10/h7,10,12,15H,3-6H2,1-2H3,(H,14,16). The molecular weight excluding hydrogens is 218 g/mol. The zero-order valence-electron chi connectivity index (χ0n) is 10.3. The molecule has 1 saturated carbocycles. The van der Waals surface area contributed by atoms with Crippen molar-refractivity contribution in [3.05, 3.63) is 23.2 Å². The number of furan rings is 1. The molecule has 1 fully saturated rings. The molecule has 1 aliphatic rings. The van der Waals surface area contributed by atoms with Gasteiger partial charge in [-0.2, -0.15) is 0 Å². The van der Waals surface area contributed by atoms with Gasteiger partial charge in [-0.05, 0) is 39.2 Å². The number of hydrogen-bond donors (Lipinski definition) is 2. The highest BCUT2D eigenvalue weighted by Crippen LogP contribution is 2.29. The molecule has 0 spiro atoms. The van der Waals surface area contributed by atoms with Gasteiger partial charge >= 0.3 is 0 Å². The van der Waals surface area contributed by atoms with E-state index in [9.17, 15) is 9.90 Å². The summed E-state index contributed by atoms with van der Waals surface area (Å²) in [4.78, 5) is 11.4. The second kappa shape index (κ2) is 4.92. The Morgan fingerprint density at radius 1 is 1.59 bits per heavy atom. The van der Waals surface area contributed by atoms with Gasteiger partial charge in [0.1, 0.15) is 11.5 Å². The smallest absolute Gasteiger partial charge is 0.223 e. The van der Waals surface area contributed by atoms with Crippen LogP contribution in [0.5, 0.6) is 0 Å². The van der Waals surface area contributed by atoms with E-state index in [1.54, 1.807) is 0 Å². The fourth-order valence-corrected chi connectivity index (χ4v) is 1.96. The van der Waals surface area contributed by atoms with Crippen molar-refractivity contribution >= 4 is 5.91 Å². The SMILES string of the molecule is Cc1cc(C(O)CCNC(=O)C2CC2)c(C)o1. The first-order chi connectivity index (χ1) is 8.08. The van der Waals surface area contributed by atoms with Crippen LogP contribution in [0.2, 0.25) is 0 Å². The van der Waals surface area contributed by atoms with Gasteiger partial charge in [0.2, 0.25) is 5.91 Å². The summed E-state index contributed by atoms with van der Waals surface area (Å²) in [5.41, 5.74) is 0.822. The van der Waals surface area contributed by atoms with Gasteiger partial charge in [0.25, 0.3) is 0 Å². The number of amides is 1. The van der Waals surface area contributed by atoms with Crippen LogP contribution in [-0.2, 0) is 4.79 Å². The van der Waals surface area contributed by atoms with Crippen molar-refractivity contribution in [3.8, 4) is 0 Å². The van der Waals surface area contributed by atoms with Crippen molar-refractivity contribution in [2.24, 2.45) is 5.92 Å². The molecule has 0 bridgehead atoms. The highest BCUT2D eigenvalue weighted by Gasteiger charge is 2.29. The number of rotatable bonds is 5. The Kier molecular flexibility index (Phi) is 3.52. The van der Waals surface area contributed by atoms with Crippen molar-refractivity contribution < 1.29 is 14.3 Å². The minimum atomic E-state index is -0.563. The molecule has 0 radical (unpaired) electrons. The lowest BCUT2D eigenvalue weighted by Crippen LogP contribution is -2.26. The van der Waals surface area contributed by atoms with Crippen LogP contribution in [0.3, 0.4) is 0 Å². The molecule has 17 heavy (non-hydrogen) atoms. The summed E-state index contributed by atoms with van der Waals surface area (Å²) in [7, 11) is 0. The van der Waals surface area contributed by atoms with E-state index < -0.39 is 6.10 Å². The molecule has 2 N–H and O–H groups in total. The van der Waals surface area contributed by atoms with Gasteiger partial charge in [-0.3, -0.25) is 4.79 Å². The molecule has 1 aliphatic carbocycles. The molecule has 94 valence electrons. The van der Waals surface area contributed by atoms with Crippen LogP contribution in [0.1, 0.15) is 42.5 Å². The van der Waals surface area contributed by atoms with Gasteiger partial charge in [0, 0.05) is 18.0 Å². The first kappa shape index (κ1) is 12.2. The van der Waals surface area contributed by atoms with Crippen LogP contribution in [0.4, 0.5) is 0 Å². The summed E-state index contributed by atoms with van der Waals surface area (Å²) in [6, 6.07) is 1.85. The van der Waals surface area contributed by atoms with Crippen LogP contribution >= 0.6 is 0 Å². The number of aryl methyl sites for hydroxylation is 2. The minimum absolute atomic E-state index is 0.122. The highest BCUT2D eigenvalue weighted by atomic mass is 16.3. The average Bonchev–Trinajstić information content (AvgIpc) is 3.04. The maximum atomic E-state index is 11.4. The van der Waals surface area contributed by atoms with Gasteiger partial charge in [0.05, 0.1) is 6.10 Å². The molecule has 4 nitrogen and oxygen atoms in total. The number of hydrogen-bond acceptors (Lipinski definition) is 3. The first-order valence-electron chi connectivity index (χ1n) is 6.10. The largest absolute Gasteiger partial charge is 0.466 e. The average molecular weight is 237 g/mol. The Hall–Kier alpha value is -1.29. The fraction of sp³-hybridized carbons (Fsp3) is 0.615. The fourth-order valence-electron chi connectivity index (χ4n) is 1.96. The van der Waals surface area contributed by atoms with E-state index >= 15 is 0 Å². The van der Waals surface area contributed by atoms with Crippen LogP contribution < -0.4 is 5.32 Å².